The van der Waals surface area contributed by atoms with Crippen LogP contribution in [0.3, 0.4) is 0 Å². The second kappa shape index (κ2) is 6.49. The van der Waals surface area contributed by atoms with Gasteiger partial charge in [0, 0.05) is 30.6 Å². The maximum atomic E-state index is 13.2. The molecule has 1 amide bonds. The van der Waals surface area contributed by atoms with Gasteiger partial charge in [-0.3, -0.25) is 9.59 Å². The third kappa shape index (κ3) is 2.58. The summed E-state index contributed by atoms with van der Waals surface area (Å²) < 4.78 is 6.68. The predicted octanol–water partition coefficient (Wildman–Crippen LogP) is 1.78. The second-order valence-corrected chi connectivity index (χ2v) is 8.18. The molecule has 8 heteroatoms. The van der Waals surface area contributed by atoms with Crippen molar-refractivity contribution >= 4 is 22.8 Å². The smallest absolute Gasteiger partial charge is 0.343 e. The Labute approximate surface area is 177 Å². The number of carbonyl (C=O) groups excluding carboxylic acids is 2. The van der Waals surface area contributed by atoms with E-state index in [1.807, 2.05) is 18.2 Å². The topological polar surface area (TPSA) is 102 Å². The fourth-order valence-electron chi connectivity index (χ4n) is 4.42. The molecule has 3 aromatic rings. The number of nitrogens with zero attached hydrogens (tertiary/aromatic N) is 3. The number of benzene rings is 1. The number of pyridine rings is 2. The molecule has 158 valence electrons. The van der Waals surface area contributed by atoms with Crippen molar-refractivity contribution in [1.29, 1.82) is 0 Å². The van der Waals surface area contributed by atoms with E-state index < -0.39 is 11.6 Å². The maximum absolute atomic E-state index is 13.2. The van der Waals surface area contributed by atoms with E-state index in [2.05, 4.69) is 0 Å². The molecule has 8 nitrogen and oxygen atoms in total. The predicted molar refractivity (Wildman–Crippen MR) is 113 cm³/mol. The van der Waals surface area contributed by atoms with Crippen molar-refractivity contribution in [3.05, 3.63) is 62.9 Å². The number of rotatable bonds is 2. The van der Waals surface area contributed by atoms with Crippen molar-refractivity contribution in [3.63, 3.8) is 0 Å². The van der Waals surface area contributed by atoms with Gasteiger partial charge >= 0.3 is 5.97 Å². The summed E-state index contributed by atoms with van der Waals surface area (Å²) in [6.45, 7) is 1.83. The average molecular weight is 419 g/mol. The standard InChI is InChI=1S/C23H21N3O5/c1-4-23(30)16-9-17-19-13(10-26(17)21(28)15(16)11-31-22(23)29)8-12-6-5-7-14(18(12)24-19)20(27)25(2)3/h5-9,30H,4,10-11H2,1-3H3/t23-/m0/s1. The summed E-state index contributed by atoms with van der Waals surface area (Å²) >= 11 is 0. The van der Waals surface area contributed by atoms with Crippen LogP contribution in [0.15, 0.2) is 35.1 Å². The number of para-hydroxylation sites is 1. The molecule has 5 rings (SSSR count). The molecule has 2 aliphatic rings. The summed E-state index contributed by atoms with van der Waals surface area (Å²) in [6.07, 6.45) is 0.0845. The third-order valence-electron chi connectivity index (χ3n) is 6.18. The number of hydrogen-bond acceptors (Lipinski definition) is 6. The van der Waals surface area contributed by atoms with Gasteiger partial charge < -0.3 is 19.3 Å². The lowest BCUT2D eigenvalue weighted by Gasteiger charge is -2.31. The van der Waals surface area contributed by atoms with E-state index in [0.717, 1.165) is 10.9 Å². The molecule has 0 aliphatic carbocycles. The quantitative estimate of drug-likeness (QED) is 0.497. The van der Waals surface area contributed by atoms with Crippen molar-refractivity contribution in [2.24, 2.45) is 0 Å². The molecule has 0 spiro atoms. The third-order valence-corrected chi connectivity index (χ3v) is 6.18. The highest BCUT2D eigenvalue weighted by atomic mass is 16.6. The molecule has 0 saturated carbocycles. The van der Waals surface area contributed by atoms with Crippen molar-refractivity contribution in [2.75, 3.05) is 14.1 Å². The van der Waals surface area contributed by atoms with E-state index in [1.54, 1.807) is 37.7 Å². The van der Waals surface area contributed by atoms with E-state index >= 15 is 0 Å². The molecule has 1 atom stereocenters. The zero-order valence-corrected chi connectivity index (χ0v) is 17.4. The van der Waals surface area contributed by atoms with E-state index in [0.29, 0.717) is 29.0 Å². The molecular weight excluding hydrogens is 398 g/mol. The summed E-state index contributed by atoms with van der Waals surface area (Å²) in [4.78, 5) is 44.4. The normalized spacial score (nSPS) is 18.9. The Morgan fingerprint density at radius 2 is 2.06 bits per heavy atom. The molecule has 31 heavy (non-hydrogen) atoms. The molecule has 1 aromatic carbocycles. The maximum Gasteiger partial charge on any atom is 0.343 e. The van der Waals surface area contributed by atoms with Gasteiger partial charge in [-0.2, -0.15) is 0 Å². The first kappa shape index (κ1) is 19.4. The Balaban J connectivity index is 1.78. The van der Waals surface area contributed by atoms with E-state index in [9.17, 15) is 19.5 Å². The molecule has 1 N–H and O–H groups in total. The van der Waals surface area contributed by atoms with Gasteiger partial charge in [-0.1, -0.05) is 19.1 Å². The number of aliphatic hydroxyl groups is 1. The Hall–Kier alpha value is -3.52. The molecule has 0 fully saturated rings. The second-order valence-electron chi connectivity index (χ2n) is 8.18. The Bertz CT molecular complexity index is 1360. The zero-order chi connectivity index (χ0) is 22.1. The van der Waals surface area contributed by atoms with E-state index in [1.165, 1.54) is 4.90 Å². The van der Waals surface area contributed by atoms with Crippen LogP contribution in [0.1, 0.15) is 40.4 Å². The van der Waals surface area contributed by atoms with Crippen molar-refractivity contribution in [3.8, 4) is 11.4 Å². The van der Waals surface area contributed by atoms with Crippen molar-refractivity contribution in [1.82, 2.24) is 14.5 Å². The average Bonchev–Trinajstić information content (AvgIpc) is 3.12. The van der Waals surface area contributed by atoms with Crippen LogP contribution in [-0.2, 0) is 28.3 Å². The highest BCUT2D eigenvalue weighted by Crippen LogP contribution is 2.38. The van der Waals surface area contributed by atoms with Gasteiger partial charge in [-0.15, -0.1) is 0 Å². The number of aromatic nitrogens is 2. The van der Waals surface area contributed by atoms with Gasteiger partial charge in [0.05, 0.1) is 34.6 Å². The minimum atomic E-state index is -1.87. The number of carbonyl (C=O) groups is 2. The fraction of sp³-hybridized carbons (Fsp3) is 0.304. The molecule has 0 radical (unpaired) electrons. The fourth-order valence-corrected chi connectivity index (χ4v) is 4.42. The van der Waals surface area contributed by atoms with Gasteiger partial charge in [-0.05, 0) is 24.6 Å². The summed E-state index contributed by atoms with van der Waals surface area (Å²) in [5, 5.41) is 11.8. The first-order chi connectivity index (χ1) is 14.8. The van der Waals surface area contributed by atoms with Crippen molar-refractivity contribution in [2.45, 2.75) is 32.1 Å². The molecule has 0 unspecified atom stereocenters. The van der Waals surface area contributed by atoms with Gasteiger partial charge in [0.25, 0.3) is 11.5 Å². The number of amides is 1. The number of fused-ring (bicyclic) bond motifs is 5. The highest BCUT2D eigenvalue weighted by molar-refractivity contribution is 6.06. The lowest BCUT2D eigenvalue weighted by Crippen LogP contribution is -2.44. The summed E-state index contributed by atoms with van der Waals surface area (Å²) in [6, 6.07) is 9.02. The molecule has 0 bridgehead atoms. The molecule has 4 heterocycles. The molecule has 0 saturated heterocycles. The Kier molecular flexibility index (Phi) is 4.07. The molecular formula is C23H21N3O5. The number of esters is 1. The van der Waals surface area contributed by atoms with Crippen LogP contribution in [0.25, 0.3) is 22.3 Å². The molecule has 2 aromatic heterocycles. The van der Waals surface area contributed by atoms with E-state index in [4.69, 9.17) is 9.72 Å². The van der Waals surface area contributed by atoms with Gasteiger partial charge in [0.15, 0.2) is 5.60 Å². The number of ether oxygens (including phenoxy) is 1. The summed E-state index contributed by atoms with van der Waals surface area (Å²) in [5.41, 5.74) is 1.34. The van der Waals surface area contributed by atoms with Gasteiger partial charge in [0.1, 0.15) is 6.61 Å². The highest BCUT2D eigenvalue weighted by Gasteiger charge is 2.45. The zero-order valence-electron chi connectivity index (χ0n) is 17.4. The van der Waals surface area contributed by atoms with Crippen LogP contribution in [0, 0.1) is 0 Å². The van der Waals surface area contributed by atoms with Crippen LogP contribution < -0.4 is 5.56 Å². The lowest BCUT2D eigenvalue weighted by molar-refractivity contribution is -0.172. The monoisotopic (exact) mass is 419 g/mol. The number of hydrogen-bond donors (Lipinski definition) is 1. The van der Waals surface area contributed by atoms with Crippen LogP contribution in [0.4, 0.5) is 0 Å². The van der Waals surface area contributed by atoms with Crippen LogP contribution >= 0.6 is 0 Å². The molecule has 2 aliphatic heterocycles. The van der Waals surface area contributed by atoms with Gasteiger partial charge in [0.2, 0.25) is 0 Å². The van der Waals surface area contributed by atoms with Gasteiger partial charge in [-0.25, -0.2) is 9.78 Å². The van der Waals surface area contributed by atoms with Crippen LogP contribution in [0.2, 0.25) is 0 Å². The largest absolute Gasteiger partial charge is 0.458 e. The first-order valence-electron chi connectivity index (χ1n) is 10.1. The first-order valence-corrected chi connectivity index (χ1v) is 10.1. The number of cyclic esters (lactones) is 1. The minimum Gasteiger partial charge on any atom is -0.458 e. The minimum absolute atomic E-state index is 0.0845. The van der Waals surface area contributed by atoms with Crippen LogP contribution in [0.5, 0.6) is 0 Å². The Morgan fingerprint density at radius 1 is 1.29 bits per heavy atom. The summed E-state index contributed by atoms with van der Waals surface area (Å²) in [7, 11) is 3.36. The SMILES string of the molecule is CC[C@@]1(O)C(=O)OCc2c1cc1n(c2=O)Cc2cc3cccc(C(=O)N(C)C)c3nc2-1. The Morgan fingerprint density at radius 3 is 2.77 bits per heavy atom. The van der Waals surface area contributed by atoms with Crippen molar-refractivity contribution < 1.29 is 19.4 Å². The van der Waals surface area contributed by atoms with Crippen LogP contribution in [-0.4, -0.2) is 45.5 Å². The van der Waals surface area contributed by atoms with E-state index in [-0.39, 0.29) is 35.6 Å². The summed E-state index contributed by atoms with van der Waals surface area (Å²) in [5.74, 6) is -0.919. The lowest BCUT2D eigenvalue weighted by atomic mass is 9.86.